The maximum absolute atomic E-state index is 13.3. The minimum atomic E-state index is -2.25. The van der Waals surface area contributed by atoms with Crippen LogP contribution >= 0.6 is 0 Å². The number of hydrogen-bond donors (Lipinski definition) is 0. The Morgan fingerprint density at radius 3 is 2.32 bits per heavy atom. The van der Waals surface area contributed by atoms with Crippen LogP contribution in [-0.2, 0) is 11.1 Å². The molecule has 0 aliphatic rings. The normalized spacial score (nSPS) is 14.1. The second-order valence-electron chi connectivity index (χ2n) is 9.20. The van der Waals surface area contributed by atoms with Gasteiger partial charge in [0.2, 0.25) is 0 Å². The Kier molecular flexibility index (Phi) is 8.81. The predicted octanol–water partition coefficient (Wildman–Crippen LogP) is 5.44. The molecule has 2 aromatic rings. The van der Waals surface area contributed by atoms with Gasteiger partial charge in [-0.05, 0) is 88.0 Å². The largest absolute Gasteiger partial charge is 0.768 e. The number of carbonyl (C=O) groups excluding carboxylic acids is 1. The molecule has 31 heavy (non-hydrogen) atoms. The number of nitrogens with zero attached hydrogens (tertiary/aromatic N) is 2. The van der Waals surface area contributed by atoms with Gasteiger partial charge in [0.15, 0.2) is 5.78 Å². The first-order valence-electron chi connectivity index (χ1n) is 11.2. The van der Waals surface area contributed by atoms with Gasteiger partial charge >= 0.3 is 0 Å². The highest BCUT2D eigenvalue weighted by Gasteiger charge is 2.30. The molecule has 5 nitrogen and oxygen atoms in total. The van der Waals surface area contributed by atoms with E-state index in [0.717, 1.165) is 35.6 Å². The lowest BCUT2D eigenvalue weighted by atomic mass is 9.87. The molecule has 2 rings (SSSR count). The van der Waals surface area contributed by atoms with E-state index in [1.165, 1.54) is 12.8 Å². The van der Waals surface area contributed by atoms with E-state index in [2.05, 4.69) is 39.5 Å². The number of aromatic nitrogens is 1. The van der Waals surface area contributed by atoms with Crippen LogP contribution in [0.1, 0.15) is 75.6 Å². The van der Waals surface area contributed by atoms with Crippen molar-refractivity contribution in [3.63, 3.8) is 0 Å². The van der Waals surface area contributed by atoms with Crippen LogP contribution in [-0.4, -0.2) is 42.6 Å². The lowest BCUT2D eigenvalue weighted by molar-refractivity contribution is 0.0726. The highest BCUT2D eigenvalue weighted by atomic mass is 32.2. The van der Waals surface area contributed by atoms with Crippen LogP contribution in [0.25, 0.3) is 5.69 Å². The van der Waals surface area contributed by atoms with E-state index in [4.69, 9.17) is 0 Å². The number of ketones is 1. The van der Waals surface area contributed by atoms with Gasteiger partial charge < -0.3 is 9.12 Å². The lowest BCUT2D eigenvalue weighted by Gasteiger charge is -2.39. The van der Waals surface area contributed by atoms with E-state index in [1.807, 2.05) is 24.5 Å². The van der Waals surface area contributed by atoms with Gasteiger partial charge in [-0.3, -0.25) is 13.9 Å². The molecule has 0 N–H and O–H groups in total. The third kappa shape index (κ3) is 6.15. The molecule has 0 aliphatic heterocycles. The summed E-state index contributed by atoms with van der Waals surface area (Å²) in [6, 6.07) is 8.65. The summed E-state index contributed by atoms with van der Waals surface area (Å²) in [5, 5.41) is 0. The smallest absolute Gasteiger partial charge is 0.178 e. The zero-order valence-electron chi connectivity index (χ0n) is 20.0. The Morgan fingerprint density at radius 1 is 1.19 bits per heavy atom. The van der Waals surface area contributed by atoms with Crippen molar-refractivity contribution in [1.82, 2.24) is 9.47 Å². The standard InChI is InChI=1S/C25H38N2O3S/c1-8-10-18(3)16-25(6,7)26(9-2)17-24(28)23-15-19(4)27(20(23)5)21-11-13-22(14-12-21)31(29)30/h11-15,18H,8-10,16-17H2,1-7H3,(H,29,30)/p-1. The van der Waals surface area contributed by atoms with Crippen LogP contribution in [0, 0.1) is 19.8 Å². The van der Waals surface area contributed by atoms with E-state index in [1.54, 1.807) is 24.3 Å². The van der Waals surface area contributed by atoms with Gasteiger partial charge in [0.1, 0.15) is 0 Å². The predicted molar refractivity (Wildman–Crippen MR) is 127 cm³/mol. The second-order valence-corrected chi connectivity index (χ2v) is 10.1. The quantitative estimate of drug-likeness (QED) is 0.341. The second kappa shape index (κ2) is 10.7. The highest BCUT2D eigenvalue weighted by molar-refractivity contribution is 7.79. The van der Waals surface area contributed by atoms with E-state index >= 15 is 0 Å². The van der Waals surface area contributed by atoms with Gasteiger partial charge in [-0.2, -0.15) is 0 Å². The summed E-state index contributed by atoms with van der Waals surface area (Å²) in [4.78, 5) is 15.8. The molecule has 0 saturated heterocycles. The van der Waals surface area contributed by atoms with E-state index < -0.39 is 11.1 Å². The van der Waals surface area contributed by atoms with Crippen molar-refractivity contribution in [2.24, 2.45) is 5.92 Å². The first kappa shape index (κ1) is 25.5. The molecular weight excluding hydrogens is 408 g/mol. The number of aryl methyl sites for hydroxylation is 1. The molecule has 0 amide bonds. The summed E-state index contributed by atoms with van der Waals surface area (Å²) >= 11 is -2.25. The number of benzene rings is 1. The number of rotatable bonds is 11. The van der Waals surface area contributed by atoms with Crippen LogP contribution in [0.4, 0.5) is 0 Å². The van der Waals surface area contributed by atoms with E-state index in [0.29, 0.717) is 12.5 Å². The summed E-state index contributed by atoms with van der Waals surface area (Å²) in [5.41, 5.74) is 3.37. The van der Waals surface area contributed by atoms with Gasteiger partial charge in [-0.25, -0.2) is 0 Å². The van der Waals surface area contributed by atoms with Crippen molar-refractivity contribution in [3.8, 4) is 5.69 Å². The molecule has 0 aliphatic carbocycles. The summed E-state index contributed by atoms with van der Waals surface area (Å²) in [6.45, 7) is 16.2. The zero-order valence-corrected chi connectivity index (χ0v) is 20.8. The topological polar surface area (TPSA) is 65.4 Å². The number of Topliss-reactive ketones (excluding diaryl/α,β-unsaturated/α-hetero) is 1. The minimum Gasteiger partial charge on any atom is -0.768 e. The van der Waals surface area contributed by atoms with E-state index in [-0.39, 0.29) is 16.2 Å². The van der Waals surface area contributed by atoms with Crippen molar-refractivity contribution in [1.29, 1.82) is 0 Å². The Labute approximate surface area is 190 Å². The Bertz CT molecular complexity index is 916. The molecule has 1 aromatic heterocycles. The summed E-state index contributed by atoms with van der Waals surface area (Å²) < 4.78 is 24.3. The minimum absolute atomic E-state index is 0.0473. The average molecular weight is 446 g/mol. The molecule has 0 radical (unpaired) electrons. The lowest BCUT2D eigenvalue weighted by Crippen LogP contribution is -2.47. The molecule has 2 unspecified atom stereocenters. The molecule has 1 aromatic carbocycles. The third-order valence-corrected chi connectivity index (χ3v) is 6.88. The Hall–Kier alpha value is -1.76. The van der Waals surface area contributed by atoms with Crippen molar-refractivity contribution < 1.29 is 13.6 Å². The monoisotopic (exact) mass is 445 g/mol. The molecule has 172 valence electrons. The van der Waals surface area contributed by atoms with Crippen molar-refractivity contribution in [2.45, 2.75) is 78.2 Å². The van der Waals surface area contributed by atoms with Crippen LogP contribution in [0.5, 0.6) is 0 Å². The summed E-state index contributed by atoms with van der Waals surface area (Å²) in [6.07, 6.45) is 3.45. The van der Waals surface area contributed by atoms with Crippen LogP contribution in [0.2, 0.25) is 0 Å². The number of likely N-dealkylation sites (N-methyl/N-ethyl adjacent to an activating group) is 1. The molecule has 0 bridgehead atoms. The van der Waals surface area contributed by atoms with Crippen molar-refractivity contribution >= 4 is 16.9 Å². The molecule has 0 saturated carbocycles. The van der Waals surface area contributed by atoms with Gasteiger partial charge in [0.25, 0.3) is 0 Å². The fourth-order valence-corrected chi connectivity index (χ4v) is 5.10. The van der Waals surface area contributed by atoms with Gasteiger partial charge in [-0.1, -0.05) is 33.6 Å². The fraction of sp³-hybridized carbons (Fsp3) is 0.560. The van der Waals surface area contributed by atoms with Gasteiger partial charge in [-0.15, -0.1) is 0 Å². The van der Waals surface area contributed by atoms with E-state index in [9.17, 15) is 13.6 Å². The fourth-order valence-electron chi connectivity index (χ4n) is 4.74. The maximum atomic E-state index is 13.3. The molecule has 0 spiro atoms. The molecule has 0 fully saturated rings. The number of hydrogen-bond acceptors (Lipinski definition) is 4. The SMILES string of the molecule is CCCC(C)CC(C)(C)N(CC)CC(=O)c1cc(C)n(-c2ccc(S(=O)[O-])cc2)c1C. The van der Waals surface area contributed by atoms with Gasteiger partial charge in [0.05, 0.1) is 6.54 Å². The molecule has 1 heterocycles. The summed E-state index contributed by atoms with van der Waals surface area (Å²) in [5.74, 6) is 0.746. The summed E-state index contributed by atoms with van der Waals surface area (Å²) in [7, 11) is 0. The third-order valence-electron chi connectivity index (χ3n) is 6.22. The average Bonchev–Trinajstić information content (AvgIpc) is 2.99. The van der Waals surface area contributed by atoms with Crippen LogP contribution < -0.4 is 0 Å². The molecular formula is C25H37N2O3S-. The van der Waals surface area contributed by atoms with Crippen molar-refractivity contribution in [2.75, 3.05) is 13.1 Å². The maximum Gasteiger partial charge on any atom is 0.178 e. The zero-order chi connectivity index (χ0) is 23.3. The van der Waals surface area contributed by atoms with Gasteiger partial charge in [0, 0.05) is 33.1 Å². The molecule has 2 atom stereocenters. The first-order chi connectivity index (χ1) is 14.5. The molecule has 6 heteroatoms. The Balaban J connectivity index is 2.25. The first-order valence-corrected chi connectivity index (χ1v) is 12.3. The highest BCUT2D eigenvalue weighted by Crippen LogP contribution is 2.27. The van der Waals surface area contributed by atoms with Crippen LogP contribution in [0.15, 0.2) is 35.2 Å². The van der Waals surface area contributed by atoms with Crippen molar-refractivity contribution in [3.05, 3.63) is 47.3 Å². The van der Waals surface area contributed by atoms with Crippen LogP contribution in [0.3, 0.4) is 0 Å². The number of carbonyl (C=O) groups is 1. The Morgan fingerprint density at radius 2 is 1.81 bits per heavy atom.